The first kappa shape index (κ1) is 15.3. The number of aromatic nitrogens is 3. The summed E-state index contributed by atoms with van der Waals surface area (Å²) in [6.45, 7) is 1.50. The van der Waals surface area contributed by atoms with Crippen molar-refractivity contribution in [2.75, 3.05) is 11.1 Å². The topological polar surface area (TPSA) is 93.8 Å². The van der Waals surface area contributed by atoms with Crippen LogP contribution in [0.25, 0.3) is 21.5 Å². The maximum absolute atomic E-state index is 11.8. The second-order valence-corrected chi connectivity index (χ2v) is 7.22. The molecule has 3 N–H and O–H groups in total. The lowest BCUT2D eigenvalue weighted by atomic mass is 10.1. The van der Waals surface area contributed by atoms with Crippen LogP contribution in [0.2, 0.25) is 5.02 Å². The van der Waals surface area contributed by atoms with Crippen LogP contribution in [0.15, 0.2) is 18.5 Å². The fourth-order valence-electron chi connectivity index (χ4n) is 2.51. The van der Waals surface area contributed by atoms with Crippen LogP contribution >= 0.6 is 22.9 Å². The van der Waals surface area contributed by atoms with E-state index in [0.717, 1.165) is 18.4 Å². The Morgan fingerprint density at radius 3 is 2.83 bits per heavy atom. The molecule has 3 heterocycles. The number of nitrogen functional groups attached to an aromatic ring is 1. The van der Waals surface area contributed by atoms with Gasteiger partial charge in [0, 0.05) is 30.9 Å². The van der Waals surface area contributed by atoms with Crippen molar-refractivity contribution < 1.29 is 4.79 Å². The zero-order chi connectivity index (χ0) is 16.8. The van der Waals surface area contributed by atoms with Crippen molar-refractivity contribution in [3.05, 3.63) is 28.4 Å². The maximum atomic E-state index is 11.8. The largest absolute Gasteiger partial charge is 0.397 e. The molecule has 0 radical (unpaired) electrons. The number of nitrogens with one attached hydrogen (secondary N) is 1. The molecule has 1 fully saturated rings. The Morgan fingerprint density at radius 2 is 2.17 bits per heavy atom. The number of nitrogens with zero attached hydrogens (tertiary/aromatic N) is 3. The monoisotopic (exact) mass is 359 g/mol. The molecule has 1 aliphatic carbocycles. The van der Waals surface area contributed by atoms with Crippen molar-refractivity contribution in [2.24, 2.45) is 0 Å². The summed E-state index contributed by atoms with van der Waals surface area (Å²) < 4.78 is 0. The fourth-order valence-corrected chi connectivity index (χ4v) is 3.67. The molecule has 0 bridgehead atoms. The molecule has 0 atom stereocenters. The Bertz CT molecular complexity index is 967. The summed E-state index contributed by atoms with van der Waals surface area (Å²) in [5.74, 6) is 0.457. The number of pyridine rings is 1. The number of carbonyl (C=O) groups excluding carboxylic acids is 1. The number of thiophene rings is 1. The number of hydrogen-bond acceptors (Lipinski definition) is 7. The van der Waals surface area contributed by atoms with Crippen molar-refractivity contribution in [2.45, 2.75) is 25.8 Å². The van der Waals surface area contributed by atoms with Gasteiger partial charge in [-0.05, 0) is 18.9 Å². The van der Waals surface area contributed by atoms with Crippen molar-refractivity contribution in [3.63, 3.8) is 0 Å². The highest BCUT2D eigenvalue weighted by molar-refractivity contribution is 7.21. The Kier molecular flexibility index (Phi) is 3.62. The Balaban J connectivity index is 1.98. The van der Waals surface area contributed by atoms with E-state index in [-0.39, 0.29) is 5.78 Å². The van der Waals surface area contributed by atoms with Gasteiger partial charge < -0.3 is 11.1 Å². The first-order chi connectivity index (χ1) is 11.5. The standard InChI is InChI=1S/C16H14ClN5OS/c1-7(23)14-12(18)11-13(8-4-9(17)6-19-5-8)21-16(20-10-2-3-10)22-15(11)24-14/h4-6,10H,2-3,18H2,1H3,(H,20,21,22). The summed E-state index contributed by atoms with van der Waals surface area (Å²) in [6, 6.07) is 2.19. The lowest BCUT2D eigenvalue weighted by molar-refractivity contribution is 0.102. The highest BCUT2D eigenvalue weighted by atomic mass is 35.5. The second-order valence-electron chi connectivity index (χ2n) is 5.79. The van der Waals surface area contributed by atoms with Crippen molar-refractivity contribution in [3.8, 4) is 11.3 Å². The van der Waals surface area contributed by atoms with Crippen LogP contribution < -0.4 is 11.1 Å². The van der Waals surface area contributed by atoms with Gasteiger partial charge >= 0.3 is 0 Å². The van der Waals surface area contributed by atoms with E-state index in [1.54, 1.807) is 18.5 Å². The van der Waals surface area contributed by atoms with E-state index in [1.165, 1.54) is 18.3 Å². The summed E-state index contributed by atoms with van der Waals surface area (Å²) in [6.07, 6.45) is 5.46. The first-order valence-corrected chi connectivity index (χ1v) is 8.71. The highest BCUT2D eigenvalue weighted by Gasteiger charge is 2.25. The molecule has 4 rings (SSSR count). The molecular weight excluding hydrogens is 346 g/mol. The van der Waals surface area contributed by atoms with Gasteiger partial charge in [-0.1, -0.05) is 11.6 Å². The molecule has 0 spiro atoms. The lowest BCUT2D eigenvalue weighted by Crippen LogP contribution is -2.06. The van der Waals surface area contributed by atoms with Gasteiger partial charge in [0.2, 0.25) is 5.95 Å². The molecule has 24 heavy (non-hydrogen) atoms. The molecular formula is C16H14ClN5OS. The van der Waals surface area contributed by atoms with E-state index in [4.69, 9.17) is 17.3 Å². The van der Waals surface area contributed by atoms with Crippen LogP contribution in [0.5, 0.6) is 0 Å². The van der Waals surface area contributed by atoms with Gasteiger partial charge in [-0.3, -0.25) is 9.78 Å². The molecule has 3 aromatic rings. The zero-order valence-corrected chi connectivity index (χ0v) is 14.4. The summed E-state index contributed by atoms with van der Waals surface area (Å²) >= 11 is 7.36. The van der Waals surface area contributed by atoms with Gasteiger partial charge in [0.05, 0.1) is 26.7 Å². The fraction of sp³-hybridized carbons (Fsp3) is 0.250. The number of carbonyl (C=O) groups is 1. The summed E-state index contributed by atoms with van der Waals surface area (Å²) in [5.41, 5.74) is 8.01. The number of Topliss-reactive ketones (excluding diaryl/α,β-unsaturated/α-hetero) is 1. The number of nitrogens with two attached hydrogens (primary N) is 1. The molecule has 6 nitrogen and oxygen atoms in total. The molecule has 0 amide bonds. The van der Waals surface area contributed by atoms with Gasteiger partial charge in [0.1, 0.15) is 4.83 Å². The molecule has 1 aliphatic rings. The predicted molar refractivity (Wildman–Crippen MR) is 96.7 cm³/mol. The Hall–Kier alpha value is -2.25. The number of hydrogen-bond donors (Lipinski definition) is 2. The van der Waals surface area contributed by atoms with Gasteiger partial charge in [-0.25, -0.2) is 9.97 Å². The highest BCUT2D eigenvalue weighted by Crippen LogP contribution is 2.39. The minimum absolute atomic E-state index is 0.0811. The van der Waals surface area contributed by atoms with Crippen LogP contribution in [0.4, 0.5) is 11.6 Å². The third-order valence-electron chi connectivity index (χ3n) is 3.80. The normalized spacial score (nSPS) is 14.1. The van der Waals surface area contributed by atoms with E-state index < -0.39 is 0 Å². The second kappa shape index (κ2) is 5.68. The third kappa shape index (κ3) is 2.70. The molecule has 0 aliphatic heterocycles. The predicted octanol–water partition coefficient (Wildman–Crippen LogP) is 3.77. The van der Waals surface area contributed by atoms with Crippen LogP contribution in [0, 0.1) is 0 Å². The zero-order valence-electron chi connectivity index (χ0n) is 12.8. The molecule has 8 heteroatoms. The minimum Gasteiger partial charge on any atom is -0.397 e. The SMILES string of the molecule is CC(=O)c1sc2nc(NC3CC3)nc(-c3cncc(Cl)c3)c2c1N. The minimum atomic E-state index is -0.0811. The van der Waals surface area contributed by atoms with E-state index in [0.29, 0.717) is 43.5 Å². The van der Waals surface area contributed by atoms with Gasteiger partial charge in [0.15, 0.2) is 5.78 Å². The number of ketones is 1. The summed E-state index contributed by atoms with van der Waals surface area (Å²) in [5, 5.41) is 4.48. The smallest absolute Gasteiger partial charge is 0.224 e. The number of rotatable bonds is 4. The van der Waals surface area contributed by atoms with Gasteiger partial charge in [-0.15, -0.1) is 11.3 Å². The third-order valence-corrected chi connectivity index (χ3v) is 5.20. The molecule has 0 aromatic carbocycles. The maximum Gasteiger partial charge on any atom is 0.224 e. The quantitative estimate of drug-likeness (QED) is 0.689. The lowest BCUT2D eigenvalue weighted by Gasteiger charge is -2.08. The first-order valence-electron chi connectivity index (χ1n) is 7.51. The van der Waals surface area contributed by atoms with Crippen LogP contribution in [-0.2, 0) is 0 Å². The van der Waals surface area contributed by atoms with E-state index in [2.05, 4.69) is 20.3 Å². The van der Waals surface area contributed by atoms with E-state index in [1.807, 2.05) is 0 Å². The Labute approximate surface area is 147 Å². The molecule has 0 unspecified atom stereocenters. The van der Waals surface area contributed by atoms with Crippen molar-refractivity contribution in [1.82, 2.24) is 15.0 Å². The average Bonchev–Trinajstić information content (AvgIpc) is 3.28. The van der Waals surface area contributed by atoms with Crippen molar-refractivity contribution in [1.29, 1.82) is 0 Å². The van der Waals surface area contributed by atoms with Crippen molar-refractivity contribution >= 4 is 50.6 Å². The molecule has 122 valence electrons. The summed E-state index contributed by atoms with van der Waals surface area (Å²) in [7, 11) is 0. The van der Waals surface area contributed by atoms with Gasteiger partial charge in [-0.2, -0.15) is 0 Å². The number of halogens is 1. The average molecular weight is 360 g/mol. The van der Waals surface area contributed by atoms with Crippen LogP contribution in [0.3, 0.4) is 0 Å². The summed E-state index contributed by atoms with van der Waals surface area (Å²) in [4.78, 5) is 26.3. The van der Waals surface area contributed by atoms with E-state index >= 15 is 0 Å². The number of fused-ring (bicyclic) bond motifs is 1. The van der Waals surface area contributed by atoms with Crippen LogP contribution in [0.1, 0.15) is 29.4 Å². The number of anilines is 2. The Morgan fingerprint density at radius 1 is 1.38 bits per heavy atom. The molecule has 0 saturated heterocycles. The molecule has 1 saturated carbocycles. The van der Waals surface area contributed by atoms with E-state index in [9.17, 15) is 4.79 Å². The van der Waals surface area contributed by atoms with Crippen LogP contribution in [-0.4, -0.2) is 26.8 Å². The van der Waals surface area contributed by atoms with Gasteiger partial charge in [0.25, 0.3) is 0 Å². The molecule has 3 aromatic heterocycles.